The molecule has 5 rings (SSSR count). The summed E-state index contributed by atoms with van der Waals surface area (Å²) in [5.74, 6) is 2.84. The maximum atomic E-state index is 6.15. The van der Waals surface area contributed by atoms with Crippen molar-refractivity contribution in [3.63, 3.8) is 0 Å². The molecule has 158 valence electrons. The van der Waals surface area contributed by atoms with Gasteiger partial charge in [-0.25, -0.2) is 9.97 Å². The van der Waals surface area contributed by atoms with E-state index in [1.165, 1.54) is 0 Å². The Bertz CT molecular complexity index is 1190. The fourth-order valence-corrected chi connectivity index (χ4v) is 3.56. The number of nitrogens with zero attached hydrogens (tertiary/aromatic N) is 4. The number of nitrogens with one attached hydrogen (secondary N) is 2. The standard InChI is InChI=1S/C23H24N6O2/c1-29(2)10-9-24-22-17-11-15(16-12-25-26-13-16)7-8-18(17)27-23(28-22)21-14-30-19-5-3-4-6-20(19)31-21/h3-8,11-13,21H,9-10,14H2,1-2H3,(H,25,26)(H,24,27,28). The quantitative estimate of drug-likeness (QED) is 0.497. The molecule has 0 saturated heterocycles. The van der Waals surface area contributed by atoms with E-state index in [1.807, 2.05) is 56.7 Å². The Hall–Kier alpha value is -3.65. The highest BCUT2D eigenvalue weighted by atomic mass is 16.6. The minimum absolute atomic E-state index is 0.368. The number of aromatic nitrogens is 4. The van der Waals surface area contributed by atoms with Crippen LogP contribution in [0.5, 0.6) is 11.5 Å². The predicted octanol–water partition coefficient (Wildman–Crippen LogP) is 3.51. The summed E-state index contributed by atoms with van der Waals surface area (Å²) in [6.07, 6.45) is 3.31. The van der Waals surface area contributed by atoms with E-state index < -0.39 is 0 Å². The molecular weight excluding hydrogens is 392 g/mol. The summed E-state index contributed by atoms with van der Waals surface area (Å²) in [4.78, 5) is 11.8. The molecule has 0 radical (unpaired) electrons. The van der Waals surface area contributed by atoms with E-state index in [9.17, 15) is 0 Å². The zero-order valence-corrected chi connectivity index (χ0v) is 17.5. The summed E-state index contributed by atoms with van der Waals surface area (Å²) in [6.45, 7) is 2.02. The molecule has 1 unspecified atom stereocenters. The Kier molecular flexibility index (Phi) is 5.13. The van der Waals surface area contributed by atoms with Gasteiger partial charge in [-0.05, 0) is 43.9 Å². The van der Waals surface area contributed by atoms with E-state index in [-0.39, 0.29) is 6.10 Å². The molecule has 1 aliphatic rings. The van der Waals surface area contributed by atoms with Crippen molar-refractivity contribution < 1.29 is 9.47 Å². The Balaban J connectivity index is 1.52. The molecule has 3 heterocycles. The van der Waals surface area contributed by atoms with E-state index in [4.69, 9.17) is 19.4 Å². The van der Waals surface area contributed by atoms with E-state index >= 15 is 0 Å². The second kappa shape index (κ2) is 8.23. The molecule has 4 aromatic rings. The third-order valence-electron chi connectivity index (χ3n) is 5.19. The molecule has 2 aromatic carbocycles. The largest absolute Gasteiger partial charge is 0.485 e. The van der Waals surface area contributed by atoms with Crippen molar-refractivity contribution in [1.29, 1.82) is 0 Å². The van der Waals surface area contributed by atoms with Gasteiger partial charge in [0.1, 0.15) is 12.4 Å². The molecular formula is C23H24N6O2. The highest BCUT2D eigenvalue weighted by Crippen LogP contribution is 2.36. The molecule has 8 nitrogen and oxygen atoms in total. The maximum Gasteiger partial charge on any atom is 0.192 e. The smallest absolute Gasteiger partial charge is 0.192 e. The second-order valence-electron chi connectivity index (χ2n) is 7.74. The lowest BCUT2D eigenvalue weighted by molar-refractivity contribution is 0.0854. The normalized spacial score (nSPS) is 15.4. The van der Waals surface area contributed by atoms with Crippen molar-refractivity contribution in [1.82, 2.24) is 25.1 Å². The third kappa shape index (κ3) is 4.02. The van der Waals surface area contributed by atoms with Gasteiger partial charge in [-0.15, -0.1) is 0 Å². The maximum absolute atomic E-state index is 6.15. The van der Waals surface area contributed by atoms with Crippen molar-refractivity contribution in [2.45, 2.75) is 6.10 Å². The van der Waals surface area contributed by atoms with Crippen LogP contribution in [-0.4, -0.2) is 58.9 Å². The average Bonchev–Trinajstić information content (AvgIpc) is 3.33. The van der Waals surface area contributed by atoms with Gasteiger partial charge in [0, 0.05) is 30.2 Å². The lowest BCUT2D eigenvalue weighted by Crippen LogP contribution is -2.25. The highest BCUT2D eigenvalue weighted by Gasteiger charge is 2.26. The Morgan fingerprint density at radius 2 is 1.97 bits per heavy atom. The van der Waals surface area contributed by atoms with Crippen LogP contribution in [0.15, 0.2) is 54.9 Å². The second-order valence-corrected chi connectivity index (χ2v) is 7.74. The van der Waals surface area contributed by atoms with Gasteiger partial charge in [0.15, 0.2) is 23.4 Å². The first-order valence-corrected chi connectivity index (χ1v) is 10.3. The molecule has 1 atom stereocenters. The van der Waals surface area contributed by atoms with E-state index in [0.29, 0.717) is 18.2 Å². The van der Waals surface area contributed by atoms with Crippen molar-refractivity contribution in [2.24, 2.45) is 0 Å². The molecule has 0 bridgehead atoms. The Morgan fingerprint density at radius 3 is 2.77 bits per heavy atom. The zero-order valence-electron chi connectivity index (χ0n) is 17.5. The molecule has 0 amide bonds. The molecule has 2 N–H and O–H groups in total. The fourth-order valence-electron chi connectivity index (χ4n) is 3.56. The van der Waals surface area contributed by atoms with Gasteiger partial charge in [0.2, 0.25) is 0 Å². The van der Waals surface area contributed by atoms with Gasteiger partial charge in [0.05, 0.1) is 11.7 Å². The van der Waals surface area contributed by atoms with Gasteiger partial charge in [-0.1, -0.05) is 18.2 Å². The number of aromatic amines is 1. The fraction of sp³-hybridized carbons (Fsp3) is 0.261. The lowest BCUT2D eigenvalue weighted by Gasteiger charge is -2.26. The SMILES string of the molecule is CN(C)CCNc1nc(C2COc3ccccc3O2)nc2ccc(-c3cn[nH]c3)cc12. The number of benzene rings is 2. The summed E-state index contributed by atoms with van der Waals surface area (Å²) in [7, 11) is 4.10. The first-order valence-electron chi connectivity index (χ1n) is 10.3. The van der Waals surface area contributed by atoms with Crippen LogP contribution in [0, 0.1) is 0 Å². The van der Waals surface area contributed by atoms with Crippen LogP contribution in [0.2, 0.25) is 0 Å². The van der Waals surface area contributed by atoms with Gasteiger partial charge >= 0.3 is 0 Å². The molecule has 31 heavy (non-hydrogen) atoms. The summed E-state index contributed by atoms with van der Waals surface area (Å²) in [5, 5.41) is 11.4. The summed E-state index contributed by atoms with van der Waals surface area (Å²) in [6, 6.07) is 13.8. The number of para-hydroxylation sites is 2. The Labute approximate surface area is 180 Å². The van der Waals surface area contributed by atoms with Crippen LogP contribution >= 0.6 is 0 Å². The summed E-state index contributed by atoms with van der Waals surface area (Å²) in [5.41, 5.74) is 2.93. The van der Waals surface area contributed by atoms with Crippen LogP contribution in [0.1, 0.15) is 11.9 Å². The predicted molar refractivity (Wildman–Crippen MR) is 119 cm³/mol. The van der Waals surface area contributed by atoms with Crippen LogP contribution in [0.25, 0.3) is 22.0 Å². The van der Waals surface area contributed by atoms with Crippen molar-refractivity contribution in [3.8, 4) is 22.6 Å². The summed E-state index contributed by atoms with van der Waals surface area (Å²) >= 11 is 0. The van der Waals surface area contributed by atoms with E-state index in [0.717, 1.165) is 46.7 Å². The zero-order chi connectivity index (χ0) is 21.2. The number of rotatable bonds is 6. The first-order chi connectivity index (χ1) is 15.2. The van der Waals surface area contributed by atoms with Crippen LogP contribution in [0.4, 0.5) is 5.82 Å². The van der Waals surface area contributed by atoms with Crippen molar-refractivity contribution >= 4 is 16.7 Å². The molecule has 8 heteroatoms. The van der Waals surface area contributed by atoms with E-state index in [1.54, 1.807) is 6.20 Å². The monoisotopic (exact) mass is 416 g/mol. The number of likely N-dealkylation sites (N-methyl/N-ethyl adjacent to an activating group) is 1. The Morgan fingerprint density at radius 1 is 1.10 bits per heavy atom. The molecule has 2 aromatic heterocycles. The van der Waals surface area contributed by atoms with Gasteiger partial charge in [-0.3, -0.25) is 5.10 Å². The van der Waals surface area contributed by atoms with Crippen LogP contribution in [-0.2, 0) is 0 Å². The van der Waals surface area contributed by atoms with E-state index in [2.05, 4.69) is 26.5 Å². The minimum Gasteiger partial charge on any atom is -0.485 e. The topological polar surface area (TPSA) is 88.2 Å². The summed E-state index contributed by atoms with van der Waals surface area (Å²) < 4.78 is 12.0. The van der Waals surface area contributed by atoms with Crippen molar-refractivity contribution in [3.05, 3.63) is 60.7 Å². The number of H-pyrrole nitrogens is 1. The third-order valence-corrected chi connectivity index (χ3v) is 5.19. The van der Waals surface area contributed by atoms with Gasteiger partial charge < -0.3 is 19.7 Å². The van der Waals surface area contributed by atoms with Crippen molar-refractivity contribution in [2.75, 3.05) is 39.1 Å². The number of hydrogen-bond donors (Lipinski definition) is 2. The molecule has 0 saturated carbocycles. The van der Waals surface area contributed by atoms with Crippen LogP contribution < -0.4 is 14.8 Å². The molecule has 1 aliphatic heterocycles. The number of hydrogen-bond acceptors (Lipinski definition) is 7. The number of anilines is 1. The van der Waals surface area contributed by atoms with Gasteiger partial charge in [0.25, 0.3) is 0 Å². The first kappa shape index (κ1) is 19.3. The number of ether oxygens (including phenoxy) is 2. The highest BCUT2D eigenvalue weighted by molar-refractivity contribution is 5.92. The number of fused-ring (bicyclic) bond motifs is 2. The minimum atomic E-state index is -0.373. The lowest BCUT2D eigenvalue weighted by atomic mass is 10.1. The van der Waals surface area contributed by atoms with Crippen LogP contribution in [0.3, 0.4) is 0 Å². The molecule has 0 fully saturated rings. The molecule has 0 aliphatic carbocycles. The molecule has 0 spiro atoms. The average molecular weight is 416 g/mol. The van der Waals surface area contributed by atoms with Gasteiger partial charge in [-0.2, -0.15) is 5.10 Å².